The number of amides is 1. The zero-order chi connectivity index (χ0) is 11.0. The van der Waals surface area contributed by atoms with E-state index in [0.29, 0.717) is 5.75 Å². The Morgan fingerprint density at radius 2 is 2.21 bits per heavy atom. The number of carbonyl (C=O) groups is 2. The van der Waals surface area contributed by atoms with Crippen molar-refractivity contribution in [3.05, 3.63) is 0 Å². The van der Waals surface area contributed by atoms with Crippen molar-refractivity contribution in [2.45, 2.75) is 6.04 Å². The SMILES string of the molecule is CNCC(=O)N[C@@H](CSP)C(=O)OC. The molecule has 0 heterocycles. The summed E-state index contributed by atoms with van der Waals surface area (Å²) in [7, 11) is 5.38. The van der Waals surface area contributed by atoms with E-state index >= 15 is 0 Å². The third-order valence-corrected chi connectivity index (χ3v) is 2.52. The topological polar surface area (TPSA) is 67.4 Å². The lowest BCUT2D eigenvalue weighted by atomic mass is 10.3. The molecule has 0 aliphatic heterocycles. The molecule has 0 aromatic carbocycles. The van der Waals surface area contributed by atoms with Crippen LogP contribution in [0.15, 0.2) is 0 Å². The number of esters is 1. The van der Waals surface area contributed by atoms with Gasteiger partial charge in [0.25, 0.3) is 0 Å². The smallest absolute Gasteiger partial charge is 0.329 e. The van der Waals surface area contributed by atoms with Crippen molar-refractivity contribution in [1.29, 1.82) is 0 Å². The van der Waals surface area contributed by atoms with E-state index in [0.717, 1.165) is 0 Å². The summed E-state index contributed by atoms with van der Waals surface area (Å²) in [5.41, 5.74) is 0. The van der Waals surface area contributed by atoms with Gasteiger partial charge in [0.05, 0.1) is 13.7 Å². The van der Waals surface area contributed by atoms with Gasteiger partial charge >= 0.3 is 5.97 Å². The molecular weight excluding hydrogens is 223 g/mol. The Bertz CT molecular complexity index is 203. The summed E-state index contributed by atoms with van der Waals surface area (Å²) in [6.45, 7) is 0.190. The Morgan fingerprint density at radius 3 is 2.64 bits per heavy atom. The van der Waals surface area contributed by atoms with Crippen molar-refractivity contribution in [2.24, 2.45) is 0 Å². The van der Waals surface area contributed by atoms with Crippen molar-refractivity contribution in [2.75, 3.05) is 26.5 Å². The molecule has 5 nitrogen and oxygen atoms in total. The molecule has 14 heavy (non-hydrogen) atoms. The molecule has 0 aliphatic rings. The molecule has 0 saturated carbocycles. The molecular formula is C7H15N2O3PS. The first kappa shape index (κ1) is 13.7. The monoisotopic (exact) mass is 238 g/mol. The van der Waals surface area contributed by atoms with Gasteiger partial charge in [-0.05, 0) is 7.05 Å². The summed E-state index contributed by atoms with van der Waals surface area (Å²) in [6.07, 6.45) is 0. The van der Waals surface area contributed by atoms with E-state index in [1.165, 1.54) is 18.5 Å². The van der Waals surface area contributed by atoms with Crippen LogP contribution < -0.4 is 10.6 Å². The minimum absolute atomic E-state index is 0.190. The zero-order valence-electron chi connectivity index (χ0n) is 8.20. The van der Waals surface area contributed by atoms with Crippen molar-refractivity contribution in [1.82, 2.24) is 10.6 Å². The molecule has 82 valence electrons. The number of nitrogens with one attached hydrogen (secondary N) is 2. The standard InChI is InChI=1S/C7H15N2O3PS/c1-8-3-6(10)9-5(4-14-13)7(11)12-2/h5,8H,3-4,13H2,1-2H3,(H,9,10)/t5-/m0/s1. The lowest BCUT2D eigenvalue weighted by Gasteiger charge is -2.14. The second-order valence-electron chi connectivity index (χ2n) is 2.51. The van der Waals surface area contributed by atoms with E-state index in [2.05, 4.69) is 23.8 Å². The third-order valence-electron chi connectivity index (χ3n) is 1.42. The van der Waals surface area contributed by atoms with Crippen molar-refractivity contribution >= 4 is 31.7 Å². The predicted molar refractivity (Wildman–Crippen MR) is 60.0 cm³/mol. The zero-order valence-corrected chi connectivity index (χ0v) is 10.2. The molecule has 0 aromatic rings. The minimum atomic E-state index is -0.580. The maximum absolute atomic E-state index is 11.2. The van der Waals surface area contributed by atoms with Gasteiger partial charge in [0.1, 0.15) is 6.04 Å². The molecule has 7 heteroatoms. The number of rotatable bonds is 6. The Kier molecular flexibility index (Phi) is 7.84. The Labute approximate surface area is 89.7 Å². The highest BCUT2D eigenvalue weighted by Gasteiger charge is 2.20. The van der Waals surface area contributed by atoms with Gasteiger partial charge in [-0.15, -0.1) is 11.4 Å². The van der Waals surface area contributed by atoms with Gasteiger partial charge in [-0.2, -0.15) is 0 Å². The van der Waals surface area contributed by atoms with Crippen LogP contribution in [0.4, 0.5) is 0 Å². The quantitative estimate of drug-likeness (QED) is 0.477. The Hall–Kier alpha value is -0.320. The van der Waals surface area contributed by atoms with Crippen LogP contribution in [0.1, 0.15) is 0 Å². The number of likely N-dealkylation sites (N-methyl/N-ethyl adjacent to an activating group) is 1. The van der Waals surface area contributed by atoms with E-state index < -0.39 is 12.0 Å². The molecule has 0 aromatic heterocycles. The van der Waals surface area contributed by atoms with E-state index in [-0.39, 0.29) is 12.5 Å². The first-order valence-corrected chi connectivity index (χ1v) is 6.45. The van der Waals surface area contributed by atoms with Gasteiger partial charge in [-0.3, -0.25) is 4.79 Å². The molecule has 0 aliphatic carbocycles. The van der Waals surface area contributed by atoms with Gasteiger partial charge in [0.15, 0.2) is 0 Å². The fraction of sp³-hybridized carbons (Fsp3) is 0.714. The number of hydrogen-bond acceptors (Lipinski definition) is 5. The maximum Gasteiger partial charge on any atom is 0.329 e. The molecule has 0 rings (SSSR count). The highest BCUT2D eigenvalue weighted by Crippen LogP contribution is 2.12. The normalized spacial score (nSPS) is 11.9. The molecule has 0 fully saturated rings. The Balaban J connectivity index is 4.08. The number of ether oxygens (including phenoxy) is 1. The molecule has 0 radical (unpaired) electrons. The number of hydrogen-bond donors (Lipinski definition) is 2. The summed E-state index contributed by atoms with van der Waals surface area (Å²) in [5.74, 6) is -0.168. The highest BCUT2D eigenvalue weighted by molar-refractivity contribution is 8.43. The van der Waals surface area contributed by atoms with Crippen LogP contribution in [-0.2, 0) is 14.3 Å². The highest BCUT2D eigenvalue weighted by atomic mass is 32.7. The van der Waals surface area contributed by atoms with E-state index in [1.54, 1.807) is 7.05 Å². The summed E-state index contributed by atoms with van der Waals surface area (Å²) in [5, 5.41) is 5.26. The van der Waals surface area contributed by atoms with Crippen LogP contribution in [0.3, 0.4) is 0 Å². The average molecular weight is 238 g/mol. The number of methoxy groups -OCH3 is 1. The van der Waals surface area contributed by atoms with Crippen molar-refractivity contribution < 1.29 is 14.3 Å². The van der Waals surface area contributed by atoms with Crippen LogP contribution in [0.2, 0.25) is 0 Å². The summed E-state index contributed by atoms with van der Waals surface area (Å²) < 4.78 is 4.55. The van der Waals surface area contributed by atoms with Gasteiger partial charge in [-0.1, -0.05) is 8.44 Å². The Morgan fingerprint density at radius 1 is 1.57 bits per heavy atom. The van der Waals surface area contributed by atoms with Crippen LogP contribution in [0, 0.1) is 0 Å². The van der Waals surface area contributed by atoms with Crippen LogP contribution in [-0.4, -0.2) is 44.4 Å². The largest absolute Gasteiger partial charge is 0.467 e. The van der Waals surface area contributed by atoms with Crippen LogP contribution >= 0.6 is 19.8 Å². The summed E-state index contributed by atoms with van der Waals surface area (Å²) in [4.78, 5) is 22.3. The van der Waals surface area contributed by atoms with Crippen molar-refractivity contribution in [3.8, 4) is 0 Å². The fourth-order valence-corrected chi connectivity index (χ4v) is 1.80. The lowest BCUT2D eigenvalue weighted by Crippen LogP contribution is -2.45. The van der Waals surface area contributed by atoms with E-state index in [4.69, 9.17) is 0 Å². The second-order valence-corrected chi connectivity index (χ2v) is 4.17. The lowest BCUT2D eigenvalue weighted by molar-refractivity contribution is -0.144. The molecule has 2 N–H and O–H groups in total. The molecule has 1 unspecified atom stereocenters. The number of carbonyl (C=O) groups excluding carboxylic acids is 2. The van der Waals surface area contributed by atoms with Gasteiger partial charge < -0.3 is 15.4 Å². The molecule has 0 spiro atoms. The van der Waals surface area contributed by atoms with Gasteiger partial charge in [0, 0.05) is 5.75 Å². The van der Waals surface area contributed by atoms with E-state index in [1.807, 2.05) is 0 Å². The molecule has 0 bridgehead atoms. The van der Waals surface area contributed by atoms with E-state index in [9.17, 15) is 9.59 Å². The first-order chi connectivity index (χ1) is 6.65. The third kappa shape index (κ3) is 5.42. The predicted octanol–water partition coefficient (Wildman–Crippen LogP) is -0.613. The summed E-state index contributed by atoms with van der Waals surface area (Å²) in [6, 6.07) is -0.580. The van der Waals surface area contributed by atoms with Gasteiger partial charge in [0.2, 0.25) is 5.91 Å². The van der Waals surface area contributed by atoms with Crippen LogP contribution in [0.5, 0.6) is 0 Å². The molecule has 2 atom stereocenters. The minimum Gasteiger partial charge on any atom is -0.467 e. The second kappa shape index (κ2) is 8.03. The maximum atomic E-state index is 11.2. The van der Waals surface area contributed by atoms with Crippen LogP contribution in [0.25, 0.3) is 0 Å². The molecule has 0 saturated heterocycles. The van der Waals surface area contributed by atoms with Gasteiger partial charge in [-0.25, -0.2) is 4.79 Å². The van der Waals surface area contributed by atoms with Crippen molar-refractivity contribution in [3.63, 3.8) is 0 Å². The summed E-state index contributed by atoms with van der Waals surface area (Å²) >= 11 is 1.39. The first-order valence-electron chi connectivity index (χ1n) is 3.99. The molecule has 1 amide bonds. The fourth-order valence-electron chi connectivity index (χ4n) is 0.813. The average Bonchev–Trinajstić information content (AvgIpc) is 2.16.